The monoisotopic (exact) mass is 277 g/mol. The van der Waals surface area contributed by atoms with Crippen LogP contribution in [0, 0.1) is 0 Å². The number of carbonyl (C=O) groups excluding carboxylic acids is 2. The molecule has 3 N–H and O–H groups in total. The molecule has 0 aromatic heterocycles. The summed E-state index contributed by atoms with van der Waals surface area (Å²) in [5, 5.41) is 8.82. The summed E-state index contributed by atoms with van der Waals surface area (Å²) in [4.78, 5) is 26.2. The number of hydrogen-bond donors (Lipinski definition) is 2. The van der Waals surface area contributed by atoms with Gasteiger partial charge in [0.1, 0.15) is 6.61 Å². The summed E-state index contributed by atoms with van der Waals surface area (Å²) < 4.78 is 0. The van der Waals surface area contributed by atoms with E-state index < -0.39 is 12.5 Å². The molecule has 1 fully saturated rings. The number of rotatable bonds is 4. The van der Waals surface area contributed by atoms with Crippen molar-refractivity contribution >= 4 is 11.8 Å². The van der Waals surface area contributed by atoms with Crippen molar-refractivity contribution < 1.29 is 14.7 Å². The smallest absolute Gasteiger partial charge is 0.248 e. The van der Waals surface area contributed by atoms with Crippen molar-refractivity contribution in [3.05, 3.63) is 35.4 Å². The third kappa shape index (κ3) is 3.55. The molecule has 1 aliphatic rings. The Bertz CT molecular complexity index is 479. The average Bonchev–Trinajstić information content (AvgIpc) is 2.48. The van der Waals surface area contributed by atoms with E-state index in [-0.39, 0.29) is 5.91 Å². The van der Waals surface area contributed by atoms with Gasteiger partial charge >= 0.3 is 0 Å². The van der Waals surface area contributed by atoms with Gasteiger partial charge in [-0.05, 0) is 17.7 Å². The number of hydrogen-bond acceptors (Lipinski definition) is 4. The van der Waals surface area contributed by atoms with E-state index in [2.05, 4.69) is 4.90 Å². The summed E-state index contributed by atoms with van der Waals surface area (Å²) in [5.41, 5.74) is 6.81. The Morgan fingerprint density at radius 1 is 1.10 bits per heavy atom. The Hall–Kier alpha value is -1.92. The van der Waals surface area contributed by atoms with Crippen LogP contribution >= 0.6 is 0 Å². The van der Waals surface area contributed by atoms with Crippen LogP contribution in [-0.4, -0.2) is 59.5 Å². The molecule has 0 radical (unpaired) electrons. The lowest BCUT2D eigenvalue weighted by Gasteiger charge is -2.34. The SMILES string of the molecule is NC(=O)c1ccc(CN2CCN(C(=O)CO)CC2)cc1. The van der Waals surface area contributed by atoms with Gasteiger partial charge in [-0.3, -0.25) is 14.5 Å². The fraction of sp³-hybridized carbons (Fsp3) is 0.429. The zero-order valence-electron chi connectivity index (χ0n) is 11.3. The number of nitrogens with zero attached hydrogens (tertiary/aromatic N) is 2. The van der Waals surface area contributed by atoms with Gasteiger partial charge in [0.05, 0.1) is 0 Å². The zero-order valence-corrected chi connectivity index (χ0v) is 11.3. The minimum absolute atomic E-state index is 0.213. The third-order valence-electron chi connectivity index (χ3n) is 3.50. The highest BCUT2D eigenvalue weighted by molar-refractivity contribution is 5.92. The summed E-state index contributed by atoms with van der Waals surface area (Å²) in [5.74, 6) is -0.636. The van der Waals surface area contributed by atoms with Gasteiger partial charge in [0.2, 0.25) is 11.8 Å². The molecule has 108 valence electrons. The van der Waals surface area contributed by atoms with Crippen molar-refractivity contribution in [2.75, 3.05) is 32.8 Å². The minimum Gasteiger partial charge on any atom is -0.387 e. The highest BCUT2D eigenvalue weighted by atomic mass is 16.3. The van der Waals surface area contributed by atoms with Gasteiger partial charge in [-0.25, -0.2) is 0 Å². The van der Waals surface area contributed by atoms with Crippen LogP contribution in [0.4, 0.5) is 0 Å². The quantitative estimate of drug-likeness (QED) is 0.771. The Balaban J connectivity index is 1.86. The second kappa shape index (κ2) is 6.49. The molecule has 1 aromatic carbocycles. The van der Waals surface area contributed by atoms with E-state index >= 15 is 0 Å². The summed E-state index contributed by atoms with van der Waals surface area (Å²) in [6.07, 6.45) is 0. The number of carbonyl (C=O) groups is 2. The van der Waals surface area contributed by atoms with E-state index in [1.54, 1.807) is 17.0 Å². The van der Waals surface area contributed by atoms with Gasteiger partial charge in [-0.15, -0.1) is 0 Å². The first-order valence-electron chi connectivity index (χ1n) is 6.60. The second-order valence-corrected chi connectivity index (χ2v) is 4.88. The van der Waals surface area contributed by atoms with E-state index in [4.69, 9.17) is 10.8 Å². The number of aliphatic hydroxyl groups is 1. The van der Waals surface area contributed by atoms with E-state index in [0.29, 0.717) is 18.7 Å². The molecule has 1 aliphatic heterocycles. The van der Waals surface area contributed by atoms with Crippen molar-refractivity contribution in [2.45, 2.75) is 6.54 Å². The lowest BCUT2D eigenvalue weighted by Crippen LogP contribution is -2.49. The molecule has 0 aliphatic carbocycles. The summed E-state index contributed by atoms with van der Waals surface area (Å²) in [6, 6.07) is 7.24. The summed E-state index contributed by atoms with van der Waals surface area (Å²) >= 11 is 0. The minimum atomic E-state index is -0.423. The van der Waals surface area contributed by atoms with Gasteiger partial charge < -0.3 is 15.7 Å². The number of aliphatic hydroxyl groups excluding tert-OH is 1. The number of nitrogens with two attached hydrogens (primary N) is 1. The molecule has 1 saturated heterocycles. The molecule has 0 atom stereocenters. The Labute approximate surface area is 117 Å². The standard InChI is InChI=1S/C14H19N3O3/c15-14(20)12-3-1-11(2-4-12)9-16-5-7-17(8-6-16)13(19)10-18/h1-4,18H,5-10H2,(H2,15,20). The van der Waals surface area contributed by atoms with Crippen LogP contribution in [0.3, 0.4) is 0 Å². The van der Waals surface area contributed by atoms with Crippen LogP contribution < -0.4 is 5.73 Å². The lowest BCUT2D eigenvalue weighted by molar-refractivity contribution is -0.135. The summed E-state index contributed by atoms with van der Waals surface area (Å²) in [6.45, 7) is 3.19. The molecule has 6 nitrogen and oxygen atoms in total. The lowest BCUT2D eigenvalue weighted by atomic mass is 10.1. The van der Waals surface area contributed by atoms with Gasteiger partial charge in [0.25, 0.3) is 0 Å². The predicted octanol–water partition coefficient (Wildman–Crippen LogP) is -0.578. The third-order valence-corrected chi connectivity index (χ3v) is 3.50. The zero-order chi connectivity index (χ0) is 14.5. The topological polar surface area (TPSA) is 86.9 Å². The van der Waals surface area contributed by atoms with E-state index in [1.807, 2.05) is 12.1 Å². The second-order valence-electron chi connectivity index (χ2n) is 4.88. The first-order valence-corrected chi connectivity index (χ1v) is 6.60. The molecule has 2 rings (SSSR count). The van der Waals surface area contributed by atoms with Crippen LogP contribution in [-0.2, 0) is 11.3 Å². The maximum Gasteiger partial charge on any atom is 0.248 e. The number of piperazine rings is 1. The molecule has 0 unspecified atom stereocenters. The van der Waals surface area contributed by atoms with Crippen molar-refractivity contribution in [2.24, 2.45) is 5.73 Å². The number of primary amides is 1. The van der Waals surface area contributed by atoms with Crippen LogP contribution in [0.1, 0.15) is 15.9 Å². The molecule has 20 heavy (non-hydrogen) atoms. The van der Waals surface area contributed by atoms with Crippen LogP contribution in [0.2, 0.25) is 0 Å². The van der Waals surface area contributed by atoms with Crippen LogP contribution in [0.5, 0.6) is 0 Å². The highest BCUT2D eigenvalue weighted by Gasteiger charge is 2.20. The number of benzene rings is 1. The van der Waals surface area contributed by atoms with Crippen molar-refractivity contribution in [3.8, 4) is 0 Å². The normalized spacial score (nSPS) is 16.1. The van der Waals surface area contributed by atoms with Gasteiger partial charge in [-0.2, -0.15) is 0 Å². The van der Waals surface area contributed by atoms with Crippen molar-refractivity contribution in [1.29, 1.82) is 0 Å². The molecule has 1 aromatic rings. The largest absolute Gasteiger partial charge is 0.387 e. The van der Waals surface area contributed by atoms with Crippen LogP contribution in [0.25, 0.3) is 0 Å². The Morgan fingerprint density at radius 2 is 1.70 bits per heavy atom. The average molecular weight is 277 g/mol. The van der Waals surface area contributed by atoms with E-state index in [0.717, 1.165) is 25.2 Å². The Morgan fingerprint density at radius 3 is 2.20 bits per heavy atom. The maximum absolute atomic E-state index is 11.3. The molecule has 0 saturated carbocycles. The molecule has 6 heteroatoms. The maximum atomic E-state index is 11.3. The molecule has 1 heterocycles. The van der Waals surface area contributed by atoms with E-state index in [9.17, 15) is 9.59 Å². The Kier molecular flexibility index (Phi) is 4.70. The fourth-order valence-electron chi connectivity index (χ4n) is 2.29. The first-order chi connectivity index (χ1) is 9.60. The molecular formula is C14H19N3O3. The predicted molar refractivity (Wildman–Crippen MR) is 73.9 cm³/mol. The first kappa shape index (κ1) is 14.5. The molecule has 0 bridgehead atoms. The molecule has 2 amide bonds. The number of amides is 2. The van der Waals surface area contributed by atoms with E-state index in [1.165, 1.54) is 0 Å². The van der Waals surface area contributed by atoms with Gasteiger partial charge in [-0.1, -0.05) is 12.1 Å². The molecular weight excluding hydrogens is 258 g/mol. The van der Waals surface area contributed by atoms with Crippen molar-refractivity contribution in [1.82, 2.24) is 9.80 Å². The molecule has 0 spiro atoms. The fourth-order valence-corrected chi connectivity index (χ4v) is 2.29. The highest BCUT2D eigenvalue weighted by Crippen LogP contribution is 2.10. The summed E-state index contributed by atoms with van der Waals surface area (Å²) in [7, 11) is 0. The van der Waals surface area contributed by atoms with Crippen LogP contribution in [0.15, 0.2) is 24.3 Å². The van der Waals surface area contributed by atoms with Crippen molar-refractivity contribution in [3.63, 3.8) is 0 Å². The van der Waals surface area contributed by atoms with Gasteiger partial charge in [0, 0.05) is 38.3 Å². The van der Waals surface area contributed by atoms with Gasteiger partial charge in [0.15, 0.2) is 0 Å².